The van der Waals surface area contributed by atoms with Crippen LogP contribution in [-0.2, 0) is 12.6 Å². The van der Waals surface area contributed by atoms with Crippen LogP contribution in [0.4, 0.5) is 23.4 Å². The predicted molar refractivity (Wildman–Crippen MR) is 78.2 cm³/mol. The highest BCUT2D eigenvalue weighted by molar-refractivity contribution is 6.28. The lowest BCUT2D eigenvalue weighted by Gasteiger charge is -2.15. The van der Waals surface area contributed by atoms with Crippen LogP contribution in [0, 0.1) is 5.82 Å². The third-order valence-corrected chi connectivity index (χ3v) is 4.13. The zero-order chi connectivity index (χ0) is 16.8. The number of nitrogens with zero attached hydrogens (tertiary/aromatic N) is 2. The van der Waals surface area contributed by atoms with Crippen molar-refractivity contribution >= 4 is 17.4 Å². The Morgan fingerprint density at radius 2 is 2.00 bits per heavy atom. The molecule has 1 N–H and O–H groups in total. The van der Waals surface area contributed by atoms with Gasteiger partial charge in [0, 0.05) is 18.5 Å². The molecule has 1 unspecified atom stereocenters. The molecule has 1 aliphatic carbocycles. The number of hydrogen-bond donors (Lipinski definition) is 1. The Hall–Kier alpha value is -1.89. The average molecular weight is 346 g/mol. The summed E-state index contributed by atoms with van der Waals surface area (Å²) in [5, 5.41) is 2.93. The van der Waals surface area contributed by atoms with Gasteiger partial charge in [0.1, 0.15) is 11.6 Å². The Kier molecular flexibility index (Phi) is 3.91. The molecule has 0 saturated heterocycles. The molecule has 0 radical (unpaired) electrons. The van der Waals surface area contributed by atoms with Gasteiger partial charge in [0.2, 0.25) is 5.28 Å². The van der Waals surface area contributed by atoms with E-state index in [4.69, 9.17) is 11.6 Å². The monoisotopic (exact) mass is 345 g/mol. The molecule has 0 saturated carbocycles. The smallest absolute Gasteiger partial charge is 0.373 e. The van der Waals surface area contributed by atoms with Crippen molar-refractivity contribution in [1.29, 1.82) is 0 Å². The highest BCUT2D eigenvalue weighted by Gasteiger charge is 2.34. The van der Waals surface area contributed by atoms with Crippen LogP contribution in [0.1, 0.15) is 34.7 Å². The lowest BCUT2D eigenvalue weighted by molar-refractivity contribution is -0.137. The van der Waals surface area contributed by atoms with E-state index < -0.39 is 23.5 Å². The number of alkyl halides is 3. The van der Waals surface area contributed by atoms with Crippen LogP contribution in [0.5, 0.6) is 0 Å². The van der Waals surface area contributed by atoms with Gasteiger partial charge in [-0.15, -0.1) is 0 Å². The molecule has 0 amide bonds. The first kappa shape index (κ1) is 16.0. The first-order valence-corrected chi connectivity index (χ1v) is 7.29. The maximum absolute atomic E-state index is 14.2. The molecule has 8 heteroatoms. The van der Waals surface area contributed by atoms with Crippen molar-refractivity contribution in [2.24, 2.45) is 0 Å². The molecule has 0 fully saturated rings. The number of nitrogens with one attached hydrogen (secondary N) is 1. The van der Waals surface area contributed by atoms with E-state index >= 15 is 0 Å². The average Bonchev–Trinajstić information content (AvgIpc) is 2.88. The maximum atomic E-state index is 14.2. The van der Waals surface area contributed by atoms with Crippen LogP contribution >= 0.6 is 11.6 Å². The third-order valence-electron chi connectivity index (χ3n) is 3.96. The summed E-state index contributed by atoms with van der Waals surface area (Å²) in [5.74, 6) is -0.756. The van der Waals surface area contributed by atoms with Crippen LogP contribution in [0.3, 0.4) is 0 Å². The molecule has 0 aliphatic heterocycles. The van der Waals surface area contributed by atoms with Crippen molar-refractivity contribution < 1.29 is 17.6 Å². The van der Waals surface area contributed by atoms with E-state index in [1.54, 1.807) is 7.05 Å². The van der Waals surface area contributed by atoms with E-state index in [0.717, 1.165) is 11.6 Å². The molecule has 0 bridgehead atoms. The van der Waals surface area contributed by atoms with Gasteiger partial charge in [-0.3, -0.25) is 0 Å². The van der Waals surface area contributed by atoms with Gasteiger partial charge >= 0.3 is 6.18 Å². The first-order chi connectivity index (χ1) is 10.8. The van der Waals surface area contributed by atoms with Gasteiger partial charge in [-0.25, -0.2) is 14.4 Å². The molecule has 1 aromatic heterocycles. The Balaban J connectivity index is 2.05. The van der Waals surface area contributed by atoms with Gasteiger partial charge in [0.05, 0.1) is 11.3 Å². The van der Waals surface area contributed by atoms with E-state index in [0.29, 0.717) is 30.4 Å². The van der Waals surface area contributed by atoms with Crippen LogP contribution < -0.4 is 5.32 Å². The highest BCUT2D eigenvalue weighted by atomic mass is 35.5. The van der Waals surface area contributed by atoms with Crippen LogP contribution in [0.15, 0.2) is 18.2 Å². The lowest BCUT2D eigenvalue weighted by Crippen LogP contribution is -2.09. The largest absolute Gasteiger partial charge is 0.416 e. The van der Waals surface area contributed by atoms with Crippen molar-refractivity contribution in [1.82, 2.24) is 9.97 Å². The molecule has 23 heavy (non-hydrogen) atoms. The van der Waals surface area contributed by atoms with Gasteiger partial charge in [-0.2, -0.15) is 13.2 Å². The summed E-state index contributed by atoms with van der Waals surface area (Å²) in [5.41, 5.74) is 0.566. The number of hydrogen-bond acceptors (Lipinski definition) is 3. The van der Waals surface area contributed by atoms with Gasteiger partial charge in [0.25, 0.3) is 0 Å². The standard InChI is InChI=1S/C15H12ClF4N3/c1-21-13-10-5-4-9(12(10)22-14(16)23-13)8-3-2-7(6-11(8)17)15(18,19)20/h2-3,6,9H,4-5H2,1H3,(H,21,22,23). The molecule has 3 nitrogen and oxygen atoms in total. The fourth-order valence-corrected chi connectivity index (χ4v) is 3.10. The summed E-state index contributed by atoms with van der Waals surface area (Å²) < 4.78 is 52.2. The summed E-state index contributed by atoms with van der Waals surface area (Å²) in [7, 11) is 1.69. The second kappa shape index (κ2) is 5.63. The van der Waals surface area contributed by atoms with Crippen molar-refractivity contribution in [2.45, 2.75) is 24.9 Å². The van der Waals surface area contributed by atoms with Crippen LogP contribution in [-0.4, -0.2) is 17.0 Å². The summed E-state index contributed by atoms with van der Waals surface area (Å²) in [6.45, 7) is 0. The molecule has 0 spiro atoms. The van der Waals surface area contributed by atoms with E-state index in [1.807, 2.05) is 0 Å². The van der Waals surface area contributed by atoms with Gasteiger partial charge < -0.3 is 5.32 Å². The highest BCUT2D eigenvalue weighted by Crippen LogP contribution is 2.41. The van der Waals surface area contributed by atoms with Crippen molar-refractivity contribution in [3.8, 4) is 0 Å². The summed E-state index contributed by atoms with van der Waals surface area (Å²) in [4.78, 5) is 8.22. The fraction of sp³-hybridized carbons (Fsp3) is 0.333. The molecule has 1 aliphatic rings. The molecule has 1 atom stereocenters. The Labute approximate surface area is 134 Å². The lowest BCUT2D eigenvalue weighted by atomic mass is 9.95. The van der Waals surface area contributed by atoms with E-state index in [2.05, 4.69) is 15.3 Å². The summed E-state index contributed by atoms with van der Waals surface area (Å²) in [6, 6.07) is 2.58. The van der Waals surface area contributed by atoms with Crippen molar-refractivity contribution in [3.63, 3.8) is 0 Å². The SMILES string of the molecule is CNc1nc(Cl)nc2c1CCC2c1ccc(C(F)(F)F)cc1F. The Bertz CT molecular complexity index is 761. The van der Waals surface area contributed by atoms with Gasteiger partial charge in [-0.05, 0) is 42.1 Å². The molecule has 3 rings (SSSR count). The minimum Gasteiger partial charge on any atom is -0.373 e. The predicted octanol–water partition coefficient (Wildman–Crippen LogP) is 4.41. The minimum absolute atomic E-state index is 0.0207. The van der Waals surface area contributed by atoms with E-state index in [-0.39, 0.29) is 10.8 Å². The van der Waals surface area contributed by atoms with Crippen LogP contribution in [0.25, 0.3) is 0 Å². The van der Waals surface area contributed by atoms with Gasteiger partial charge in [0.15, 0.2) is 0 Å². The molecule has 2 aromatic rings. The summed E-state index contributed by atoms with van der Waals surface area (Å²) >= 11 is 5.88. The summed E-state index contributed by atoms with van der Waals surface area (Å²) in [6.07, 6.45) is -3.42. The zero-order valence-corrected chi connectivity index (χ0v) is 12.8. The fourth-order valence-electron chi connectivity index (χ4n) is 2.93. The van der Waals surface area contributed by atoms with Gasteiger partial charge in [-0.1, -0.05) is 6.07 Å². The number of rotatable bonds is 2. The van der Waals surface area contributed by atoms with E-state index in [9.17, 15) is 17.6 Å². The normalized spacial score (nSPS) is 17.2. The number of benzene rings is 1. The molecule has 1 aromatic carbocycles. The number of anilines is 1. The second-order valence-corrected chi connectivity index (χ2v) is 5.62. The quantitative estimate of drug-likeness (QED) is 0.647. The van der Waals surface area contributed by atoms with Crippen LogP contribution in [0.2, 0.25) is 5.28 Å². The second-order valence-electron chi connectivity index (χ2n) is 5.28. The minimum atomic E-state index is -4.57. The maximum Gasteiger partial charge on any atom is 0.416 e. The molecule has 122 valence electrons. The van der Waals surface area contributed by atoms with E-state index in [1.165, 1.54) is 6.07 Å². The third kappa shape index (κ3) is 2.85. The Morgan fingerprint density at radius 3 is 2.61 bits per heavy atom. The van der Waals surface area contributed by atoms with Crippen molar-refractivity contribution in [3.05, 3.63) is 51.7 Å². The molecular formula is C15H12ClF4N3. The number of fused-ring (bicyclic) bond motifs is 1. The molecule has 1 heterocycles. The number of aromatic nitrogens is 2. The Morgan fingerprint density at radius 1 is 1.26 bits per heavy atom. The zero-order valence-electron chi connectivity index (χ0n) is 12.0. The van der Waals surface area contributed by atoms with Crippen molar-refractivity contribution in [2.75, 3.05) is 12.4 Å². The molecular weight excluding hydrogens is 334 g/mol. The topological polar surface area (TPSA) is 37.8 Å². The first-order valence-electron chi connectivity index (χ1n) is 6.92. The number of halogens is 5.